The van der Waals surface area contributed by atoms with E-state index in [2.05, 4.69) is 10.3 Å². The fourth-order valence-corrected chi connectivity index (χ4v) is 2.51. The molecule has 1 aromatic rings. The predicted octanol–water partition coefficient (Wildman–Crippen LogP) is 0.986. The number of carbonyl (C=O) groups is 2. The molecule has 1 aliphatic heterocycles. The lowest BCUT2D eigenvalue weighted by molar-refractivity contribution is -0.121. The van der Waals surface area contributed by atoms with Crippen molar-refractivity contribution in [2.45, 2.75) is 18.6 Å². The van der Waals surface area contributed by atoms with Crippen molar-refractivity contribution in [3.8, 4) is 5.75 Å². The standard InChI is InChI=1S/C12H13N3O3S/c1-6-4-7(16)2-3-8(6)14-10(17)5-9-11(18)15-12(13)19-9/h2-4,9,16H,5H2,1H3,(H,14,17)(H2,13,15,18). The molecule has 1 atom stereocenters. The van der Waals surface area contributed by atoms with E-state index in [0.717, 1.165) is 17.3 Å². The molecule has 1 aromatic carbocycles. The number of aliphatic imine (C=N–C) groups is 1. The zero-order valence-corrected chi connectivity index (χ0v) is 11.0. The zero-order valence-electron chi connectivity index (χ0n) is 10.2. The van der Waals surface area contributed by atoms with Crippen LogP contribution >= 0.6 is 11.8 Å². The third-order valence-electron chi connectivity index (χ3n) is 2.61. The molecule has 0 radical (unpaired) electrons. The molecule has 2 rings (SSSR count). The van der Waals surface area contributed by atoms with Crippen LogP contribution in [-0.2, 0) is 9.59 Å². The van der Waals surface area contributed by atoms with Gasteiger partial charge in [0.05, 0.1) is 0 Å². The SMILES string of the molecule is Cc1cc(O)ccc1NC(=O)CC1SC(N)=NC1=O. The van der Waals surface area contributed by atoms with Gasteiger partial charge >= 0.3 is 0 Å². The number of amidine groups is 1. The minimum atomic E-state index is -0.544. The molecule has 19 heavy (non-hydrogen) atoms. The van der Waals surface area contributed by atoms with Crippen LogP contribution in [0, 0.1) is 6.92 Å². The lowest BCUT2D eigenvalue weighted by Gasteiger charge is -2.10. The average molecular weight is 279 g/mol. The molecule has 6 nitrogen and oxygen atoms in total. The lowest BCUT2D eigenvalue weighted by atomic mass is 10.2. The van der Waals surface area contributed by atoms with Gasteiger partial charge in [0.25, 0.3) is 5.91 Å². The van der Waals surface area contributed by atoms with Gasteiger partial charge in [-0.1, -0.05) is 11.8 Å². The van der Waals surface area contributed by atoms with Crippen molar-refractivity contribution < 1.29 is 14.7 Å². The van der Waals surface area contributed by atoms with Crippen LogP contribution in [0.4, 0.5) is 5.69 Å². The number of nitrogens with one attached hydrogen (secondary N) is 1. The summed E-state index contributed by atoms with van der Waals surface area (Å²) in [5.41, 5.74) is 6.77. The summed E-state index contributed by atoms with van der Waals surface area (Å²) in [6.07, 6.45) is 0.0218. The number of carbonyl (C=O) groups excluding carboxylic acids is 2. The fourth-order valence-electron chi connectivity index (χ4n) is 1.69. The van der Waals surface area contributed by atoms with Crippen LogP contribution in [-0.4, -0.2) is 27.3 Å². The maximum Gasteiger partial charge on any atom is 0.262 e. The Bertz CT molecular complexity index is 571. The molecule has 0 aliphatic carbocycles. The molecule has 1 heterocycles. The maximum absolute atomic E-state index is 11.8. The summed E-state index contributed by atoms with van der Waals surface area (Å²) < 4.78 is 0. The summed E-state index contributed by atoms with van der Waals surface area (Å²) in [4.78, 5) is 26.8. The van der Waals surface area contributed by atoms with Crippen LogP contribution < -0.4 is 11.1 Å². The molecule has 100 valence electrons. The number of thioether (sulfide) groups is 1. The Morgan fingerprint density at radius 2 is 2.32 bits per heavy atom. The highest BCUT2D eigenvalue weighted by molar-refractivity contribution is 8.15. The number of phenols is 1. The second kappa shape index (κ2) is 5.31. The Hall–Kier alpha value is -2.02. The Balaban J connectivity index is 1.97. The van der Waals surface area contributed by atoms with E-state index >= 15 is 0 Å². The molecular formula is C12H13N3O3S. The lowest BCUT2D eigenvalue weighted by Crippen LogP contribution is -2.21. The van der Waals surface area contributed by atoms with Crippen LogP contribution in [0.5, 0.6) is 5.75 Å². The van der Waals surface area contributed by atoms with Crippen LogP contribution in [0.2, 0.25) is 0 Å². The van der Waals surface area contributed by atoms with E-state index in [9.17, 15) is 14.7 Å². The van der Waals surface area contributed by atoms with E-state index in [1.165, 1.54) is 6.07 Å². The summed E-state index contributed by atoms with van der Waals surface area (Å²) in [5.74, 6) is -0.525. The summed E-state index contributed by atoms with van der Waals surface area (Å²) in [6, 6.07) is 4.64. The molecule has 0 spiro atoms. The number of hydrogen-bond donors (Lipinski definition) is 3. The summed E-state index contributed by atoms with van der Waals surface area (Å²) in [7, 11) is 0. The number of nitrogens with two attached hydrogens (primary N) is 1. The Morgan fingerprint density at radius 1 is 1.58 bits per heavy atom. The molecule has 4 N–H and O–H groups in total. The number of benzene rings is 1. The van der Waals surface area contributed by atoms with Gasteiger partial charge in [-0.2, -0.15) is 4.99 Å². The van der Waals surface area contributed by atoms with Gasteiger partial charge < -0.3 is 16.2 Å². The number of rotatable bonds is 3. The second-order valence-electron chi connectivity index (χ2n) is 4.15. The zero-order chi connectivity index (χ0) is 14.0. The smallest absolute Gasteiger partial charge is 0.262 e. The van der Waals surface area contributed by atoms with E-state index in [0.29, 0.717) is 5.69 Å². The third kappa shape index (κ3) is 3.25. The number of nitrogens with zero attached hydrogens (tertiary/aromatic N) is 1. The largest absolute Gasteiger partial charge is 0.508 e. The minimum absolute atomic E-state index is 0.0218. The number of hydrogen-bond acceptors (Lipinski definition) is 5. The van der Waals surface area contributed by atoms with E-state index < -0.39 is 5.25 Å². The molecule has 7 heteroatoms. The van der Waals surface area contributed by atoms with Gasteiger partial charge in [-0.3, -0.25) is 9.59 Å². The molecule has 0 bridgehead atoms. The van der Waals surface area contributed by atoms with Crippen LogP contribution in [0.25, 0.3) is 0 Å². The summed E-state index contributed by atoms with van der Waals surface area (Å²) in [5, 5.41) is 11.6. The predicted molar refractivity (Wildman–Crippen MR) is 74.1 cm³/mol. The second-order valence-corrected chi connectivity index (χ2v) is 5.37. The molecular weight excluding hydrogens is 266 g/mol. The molecule has 0 saturated heterocycles. The van der Waals surface area contributed by atoms with Gasteiger partial charge in [0.1, 0.15) is 11.0 Å². The molecule has 2 amide bonds. The van der Waals surface area contributed by atoms with E-state index in [1.807, 2.05) is 0 Å². The van der Waals surface area contributed by atoms with Crippen LogP contribution in [0.3, 0.4) is 0 Å². The number of aromatic hydroxyl groups is 1. The maximum atomic E-state index is 11.8. The van der Waals surface area contributed by atoms with E-state index in [1.54, 1.807) is 19.1 Å². The molecule has 1 unspecified atom stereocenters. The number of phenolic OH excluding ortho intramolecular Hbond substituents is 1. The fraction of sp³-hybridized carbons (Fsp3) is 0.250. The Morgan fingerprint density at radius 3 is 2.89 bits per heavy atom. The summed E-state index contributed by atoms with van der Waals surface area (Å²) >= 11 is 1.10. The van der Waals surface area contributed by atoms with E-state index in [-0.39, 0.29) is 29.2 Å². The molecule has 1 aliphatic rings. The van der Waals surface area contributed by atoms with Crippen molar-refractivity contribution in [1.82, 2.24) is 0 Å². The van der Waals surface area contributed by atoms with Gasteiger partial charge in [0.15, 0.2) is 5.17 Å². The van der Waals surface area contributed by atoms with Crippen molar-refractivity contribution in [3.05, 3.63) is 23.8 Å². The third-order valence-corrected chi connectivity index (χ3v) is 3.60. The monoisotopic (exact) mass is 279 g/mol. The van der Waals surface area contributed by atoms with Crippen molar-refractivity contribution in [3.63, 3.8) is 0 Å². The van der Waals surface area contributed by atoms with Gasteiger partial charge in [0, 0.05) is 12.1 Å². The van der Waals surface area contributed by atoms with Crippen LogP contribution in [0.15, 0.2) is 23.2 Å². The highest BCUT2D eigenvalue weighted by Gasteiger charge is 2.29. The first-order valence-electron chi connectivity index (χ1n) is 5.60. The van der Waals surface area contributed by atoms with Gasteiger partial charge in [-0.15, -0.1) is 0 Å². The molecule has 0 aromatic heterocycles. The normalized spacial score (nSPS) is 18.3. The number of amides is 2. The Labute approximate surface area is 114 Å². The Kier molecular flexibility index (Phi) is 3.75. The number of anilines is 1. The van der Waals surface area contributed by atoms with Crippen molar-refractivity contribution in [2.75, 3.05) is 5.32 Å². The molecule has 0 fully saturated rings. The van der Waals surface area contributed by atoms with Crippen molar-refractivity contribution in [1.29, 1.82) is 0 Å². The first-order valence-corrected chi connectivity index (χ1v) is 6.48. The van der Waals surface area contributed by atoms with Gasteiger partial charge in [-0.05, 0) is 30.7 Å². The highest BCUT2D eigenvalue weighted by atomic mass is 32.2. The molecule has 0 saturated carbocycles. The minimum Gasteiger partial charge on any atom is -0.508 e. The first kappa shape index (κ1) is 13.4. The van der Waals surface area contributed by atoms with Gasteiger partial charge in [-0.25, -0.2) is 0 Å². The van der Waals surface area contributed by atoms with Gasteiger partial charge in [0.2, 0.25) is 5.91 Å². The van der Waals surface area contributed by atoms with Crippen LogP contribution in [0.1, 0.15) is 12.0 Å². The topological polar surface area (TPSA) is 105 Å². The van der Waals surface area contributed by atoms with Crippen molar-refractivity contribution >= 4 is 34.4 Å². The first-order chi connectivity index (χ1) is 8.95. The van der Waals surface area contributed by atoms with Crippen molar-refractivity contribution in [2.24, 2.45) is 10.7 Å². The average Bonchev–Trinajstić information content (AvgIpc) is 2.61. The summed E-state index contributed by atoms with van der Waals surface area (Å²) in [6.45, 7) is 1.77. The highest BCUT2D eigenvalue weighted by Crippen LogP contribution is 2.24. The quantitative estimate of drug-likeness (QED) is 0.715. The van der Waals surface area contributed by atoms with E-state index in [4.69, 9.17) is 5.73 Å². The number of aryl methyl sites for hydroxylation is 1.